The highest BCUT2D eigenvalue weighted by Gasteiger charge is 2.49. The first kappa shape index (κ1) is 25.0. The van der Waals surface area contributed by atoms with Crippen LogP contribution < -0.4 is 10.2 Å². The summed E-state index contributed by atoms with van der Waals surface area (Å²) >= 11 is 0. The highest BCUT2D eigenvalue weighted by atomic mass is 16.6. The lowest BCUT2D eigenvalue weighted by molar-refractivity contribution is -0.165. The Hall–Kier alpha value is -3.30. The molecule has 0 saturated carbocycles. The van der Waals surface area contributed by atoms with Crippen LogP contribution in [0.15, 0.2) is 24.3 Å². The van der Waals surface area contributed by atoms with Crippen molar-refractivity contribution < 1.29 is 38.1 Å². The predicted molar refractivity (Wildman–Crippen MR) is 115 cm³/mol. The summed E-state index contributed by atoms with van der Waals surface area (Å²) in [5.74, 6) is -4.73. The van der Waals surface area contributed by atoms with Gasteiger partial charge >= 0.3 is 23.9 Å². The van der Waals surface area contributed by atoms with E-state index in [2.05, 4.69) is 5.32 Å². The van der Waals surface area contributed by atoms with Crippen LogP contribution in [0.4, 0.5) is 11.4 Å². The van der Waals surface area contributed by atoms with Crippen LogP contribution in [0.25, 0.3) is 0 Å². The lowest BCUT2D eigenvalue weighted by atomic mass is 9.93. The Morgan fingerprint density at radius 2 is 1.31 bits per heavy atom. The number of esters is 4. The second kappa shape index (κ2) is 11.9. The first-order valence-corrected chi connectivity index (χ1v) is 10.7. The molecule has 1 N–H and O–H groups in total. The molecular formula is C22H30N2O8. The number of nitrogens with one attached hydrogen (secondary N) is 1. The van der Waals surface area contributed by atoms with Crippen molar-refractivity contribution in [2.45, 2.75) is 39.8 Å². The molecule has 0 bridgehead atoms. The summed E-state index contributed by atoms with van der Waals surface area (Å²) in [5.41, 5.74) is 1.06. The Balaban J connectivity index is 2.65. The molecule has 1 unspecified atom stereocenters. The molecule has 1 aliphatic heterocycles. The number of carbonyl (C=O) groups excluding carboxylic acids is 4. The van der Waals surface area contributed by atoms with E-state index in [1.165, 1.54) is 4.90 Å². The molecule has 0 fully saturated rings. The number of rotatable bonds is 10. The van der Waals surface area contributed by atoms with E-state index in [-0.39, 0.29) is 33.0 Å². The maximum atomic E-state index is 12.9. The van der Waals surface area contributed by atoms with Gasteiger partial charge in [-0.05, 0) is 39.8 Å². The van der Waals surface area contributed by atoms with Crippen LogP contribution in [-0.4, -0.2) is 68.9 Å². The topological polar surface area (TPSA) is 120 Å². The van der Waals surface area contributed by atoms with Gasteiger partial charge in [-0.25, -0.2) is 9.59 Å². The van der Waals surface area contributed by atoms with Crippen LogP contribution >= 0.6 is 0 Å². The van der Waals surface area contributed by atoms with E-state index >= 15 is 0 Å². The highest BCUT2D eigenvalue weighted by molar-refractivity contribution is 6.05. The lowest BCUT2D eigenvalue weighted by Gasteiger charge is -2.43. The average molecular weight is 450 g/mol. The molecular weight excluding hydrogens is 420 g/mol. The zero-order valence-corrected chi connectivity index (χ0v) is 18.8. The second-order valence-electron chi connectivity index (χ2n) is 6.76. The smallest absolute Gasteiger partial charge is 0.340 e. The van der Waals surface area contributed by atoms with Crippen molar-refractivity contribution in [1.82, 2.24) is 0 Å². The fourth-order valence-corrected chi connectivity index (χ4v) is 3.59. The van der Waals surface area contributed by atoms with E-state index in [0.717, 1.165) is 0 Å². The first-order valence-electron chi connectivity index (χ1n) is 10.7. The van der Waals surface area contributed by atoms with Gasteiger partial charge in [-0.15, -0.1) is 0 Å². The number of para-hydroxylation sites is 2. The quantitative estimate of drug-likeness (QED) is 0.319. The zero-order chi connectivity index (χ0) is 23.7. The molecule has 1 heterocycles. The van der Waals surface area contributed by atoms with E-state index in [0.29, 0.717) is 11.4 Å². The van der Waals surface area contributed by atoms with Gasteiger partial charge in [0.2, 0.25) is 6.04 Å². The number of ether oxygens (including phenoxy) is 4. The van der Waals surface area contributed by atoms with E-state index in [4.69, 9.17) is 18.9 Å². The molecule has 0 radical (unpaired) electrons. The third-order valence-electron chi connectivity index (χ3n) is 4.80. The lowest BCUT2D eigenvalue weighted by Crippen LogP contribution is -2.61. The van der Waals surface area contributed by atoms with Crippen molar-refractivity contribution in [2.75, 3.05) is 43.2 Å². The third-order valence-corrected chi connectivity index (χ3v) is 4.80. The van der Waals surface area contributed by atoms with Crippen molar-refractivity contribution >= 4 is 35.3 Å². The summed E-state index contributed by atoms with van der Waals surface area (Å²) in [5, 5.41) is 3.15. The number of nitrogens with zero attached hydrogens (tertiary/aromatic N) is 1. The Kier molecular flexibility index (Phi) is 9.30. The van der Waals surface area contributed by atoms with Gasteiger partial charge in [0.05, 0.1) is 43.8 Å². The van der Waals surface area contributed by atoms with Gasteiger partial charge in [0, 0.05) is 6.54 Å². The molecule has 1 aliphatic rings. The minimum absolute atomic E-state index is 0.0341. The summed E-state index contributed by atoms with van der Waals surface area (Å²) in [7, 11) is 0. The van der Waals surface area contributed by atoms with Crippen LogP contribution in [0.2, 0.25) is 0 Å². The van der Waals surface area contributed by atoms with Gasteiger partial charge in [-0.3, -0.25) is 9.59 Å². The molecule has 2 rings (SSSR count). The van der Waals surface area contributed by atoms with Gasteiger partial charge in [0.15, 0.2) is 5.92 Å². The molecule has 0 spiro atoms. The van der Waals surface area contributed by atoms with Crippen molar-refractivity contribution in [1.29, 1.82) is 0 Å². The van der Waals surface area contributed by atoms with Crippen LogP contribution in [0.1, 0.15) is 27.7 Å². The standard InChI is InChI=1S/C22H30N2O8/c1-5-29-19(25)17(20(26)30-6-2)16-13-23-14-11-9-10-12-15(14)24(16)18(21(27)31-7-3)22(28)32-8-4/h9-12,16-18,23H,5-8,13H2,1-4H3. The van der Waals surface area contributed by atoms with Crippen molar-refractivity contribution in [3.63, 3.8) is 0 Å². The van der Waals surface area contributed by atoms with Crippen molar-refractivity contribution in [2.24, 2.45) is 5.92 Å². The number of hydrogen-bond donors (Lipinski definition) is 1. The molecule has 0 amide bonds. The Morgan fingerprint density at radius 3 is 1.81 bits per heavy atom. The maximum absolute atomic E-state index is 12.9. The molecule has 1 aromatic rings. The van der Waals surface area contributed by atoms with E-state index < -0.39 is 41.9 Å². The Morgan fingerprint density at radius 1 is 0.844 bits per heavy atom. The summed E-state index contributed by atoms with van der Waals surface area (Å²) in [6.07, 6.45) is 0. The second-order valence-corrected chi connectivity index (χ2v) is 6.76. The number of fused-ring (bicyclic) bond motifs is 1. The maximum Gasteiger partial charge on any atom is 0.340 e. The summed E-state index contributed by atoms with van der Waals surface area (Å²) in [6.45, 7) is 6.69. The SMILES string of the molecule is CCOC(=O)C(C(=O)OCC)C1CNc2ccccc2N1C(C(=O)OCC)C(=O)OCC. The molecule has 1 aromatic carbocycles. The molecule has 0 aromatic heterocycles. The van der Waals surface area contributed by atoms with Gasteiger partial charge in [-0.1, -0.05) is 12.1 Å². The monoisotopic (exact) mass is 450 g/mol. The van der Waals surface area contributed by atoms with Crippen LogP contribution in [-0.2, 0) is 38.1 Å². The summed E-state index contributed by atoms with van der Waals surface area (Å²) in [6, 6.07) is 4.41. The fraction of sp³-hybridized carbons (Fsp3) is 0.545. The summed E-state index contributed by atoms with van der Waals surface area (Å²) in [4.78, 5) is 52.9. The first-order chi connectivity index (χ1) is 15.4. The molecule has 10 nitrogen and oxygen atoms in total. The van der Waals surface area contributed by atoms with Crippen LogP contribution in [0.3, 0.4) is 0 Å². The number of benzene rings is 1. The molecule has 10 heteroatoms. The van der Waals surface area contributed by atoms with Gasteiger partial charge in [0.1, 0.15) is 0 Å². The Bertz CT molecular complexity index is 792. The van der Waals surface area contributed by atoms with Gasteiger partial charge in [0.25, 0.3) is 0 Å². The molecule has 1 atom stereocenters. The number of hydrogen-bond acceptors (Lipinski definition) is 10. The highest BCUT2D eigenvalue weighted by Crippen LogP contribution is 2.36. The van der Waals surface area contributed by atoms with E-state index in [1.54, 1.807) is 52.0 Å². The molecule has 32 heavy (non-hydrogen) atoms. The minimum atomic E-state index is -1.53. The summed E-state index contributed by atoms with van der Waals surface area (Å²) < 4.78 is 20.6. The van der Waals surface area contributed by atoms with E-state index in [1.807, 2.05) is 0 Å². The van der Waals surface area contributed by atoms with Gasteiger partial charge in [-0.2, -0.15) is 0 Å². The van der Waals surface area contributed by atoms with Crippen LogP contribution in [0.5, 0.6) is 0 Å². The molecule has 0 saturated heterocycles. The van der Waals surface area contributed by atoms with Crippen LogP contribution in [0, 0.1) is 5.92 Å². The Labute approximate surface area is 187 Å². The van der Waals surface area contributed by atoms with E-state index in [9.17, 15) is 19.2 Å². The largest absolute Gasteiger partial charge is 0.465 e. The predicted octanol–water partition coefficient (Wildman–Crippen LogP) is 1.52. The molecule has 0 aliphatic carbocycles. The zero-order valence-electron chi connectivity index (χ0n) is 18.8. The normalized spacial score (nSPS) is 14.9. The van der Waals surface area contributed by atoms with Gasteiger partial charge < -0.3 is 29.2 Å². The minimum Gasteiger partial charge on any atom is -0.465 e. The fourth-order valence-electron chi connectivity index (χ4n) is 3.59. The molecule has 176 valence electrons. The van der Waals surface area contributed by atoms with Crippen molar-refractivity contribution in [3.05, 3.63) is 24.3 Å². The van der Waals surface area contributed by atoms with Crippen molar-refractivity contribution in [3.8, 4) is 0 Å². The average Bonchev–Trinajstić information content (AvgIpc) is 2.76. The number of anilines is 2. The number of carbonyl (C=O) groups is 4. The third kappa shape index (κ3) is 5.49.